The van der Waals surface area contributed by atoms with Gasteiger partial charge in [-0.2, -0.15) is 5.26 Å². The lowest BCUT2D eigenvalue weighted by molar-refractivity contribution is -0.384. The minimum Gasteiger partial charge on any atom is -0.445 e. The summed E-state index contributed by atoms with van der Waals surface area (Å²) < 4.78 is 4.98. The van der Waals surface area contributed by atoms with Gasteiger partial charge in [0.1, 0.15) is 12.0 Å². The number of carbonyl (C=O) groups excluding carboxylic acids is 1. The van der Waals surface area contributed by atoms with Crippen LogP contribution >= 0.6 is 0 Å². The maximum atomic E-state index is 11.1. The van der Waals surface area contributed by atoms with Gasteiger partial charge in [0, 0.05) is 19.2 Å². The Kier molecular flexibility index (Phi) is 4.83. The number of ether oxygens (including phenoxy) is 1. The van der Waals surface area contributed by atoms with E-state index >= 15 is 0 Å². The number of nitro benzene ring substituents is 1. The second kappa shape index (κ2) is 6.35. The van der Waals surface area contributed by atoms with Crippen molar-refractivity contribution in [2.45, 2.75) is 18.9 Å². The third-order valence-corrected chi connectivity index (χ3v) is 2.57. The van der Waals surface area contributed by atoms with Crippen LogP contribution in [-0.2, 0) is 4.74 Å². The van der Waals surface area contributed by atoms with Gasteiger partial charge in [0.25, 0.3) is 5.69 Å². The van der Waals surface area contributed by atoms with E-state index < -0.39 is 23.0 Å². The van der Waals surface area contributed by atoms with Gasteiger partial charge in [0.2, 0.25) is 0 Å². The Morgan fingerprint density at radius 3 is 2.47 bits per heavy atom. The van der Waals surface area contributed by atoms with E-state index in [0.717, 1.165) is 0 Å². The van der Waals surface area contributed by atoms with Crippen molar-refractivity contribution >= 4 is 11.8 Å². The van der Waals surface area contributed by atoms with E-state index in [-0.39, 0.29) is 5.69 Å². The first-order valence-corrected chi connectivity index (χ1v) is 5.52. The third kappa shape index (κ3) is 3.67. The van der Waals surface area contributed by atoms with E-state index in [4.69, 9.17) is 10.00 Å². The molecule has 100 valence electrons. The third-order valence-electron chi connectivity index (χ3n) is 2.57. The van der Waals surface area contributed by atoms with Crippen molar-refractivity contribution in [1.82, 2.24) is 5.32 Å². The standard InChI is InChI=1S/C12H13N3O4/c1-8(19-12(16)14-2)11(7-13)9-3-5-10(6-4-9)15(17)18/h3-6,8,11H,1-2H3,(H,14,16). The van der Waals surface area contributed by atoms with Gasteiger partial charge in [-0.15, -0.1) is 0 Å². The summed E-state index contributed by atoms with van der Waals surface area (Å²) in [6.07, 6.45) is -1.29. The van der Waals surface area contributed by atoms with Crippen LogP contribution in [0.5, 0.6) is 0 Å². The number of benzene rings is 1. The van der Waals surface area contributed by atoms with Gasteiger partial charge >= 0.3 is 6.09 Å². The lowest BCUT2D eigenvalue weighted by Gasteiger charge is -2.18. The normalized spacial score (nSPS) is 12.9. The molecule has 2 unspecified atom stereocenters. The summed E-state index contributed by atoms with van der Waals surface area (Å²) in [6.45, 7) is 1.59. The van der Waals surface area contributed by atoms with Crippen LogP contribution < -0.4 is 5.32 Å². The number of amides is 1. The number of alkyl carbamates (subject to hydrolysis) is 1. The molecule has 0 radical (unpaired) electrons. The Morgan fingerprint density at radius 1 is 1.47 bits per heavy atom. The molecule has 0 saturated carbocycles. The van der Waals surface area contributed by atoms with Crippen molar-refractivity contribution in [3.8, 4) is 6.07 Å². The summed E-state index contributed by atoms with van der Waals surface area (Å²) in [5.41, 5.74) is 0.504. The SMILES string of the molecule is CNC(=O)OC(C)C(C#N)c1ccc([N+](=O)[O-])cc1. The largest absolute Gasteiger partial charge is 0.445 e. The Balaban J connectivity index is 2.88. The number of rotatable bonds is 4. The molecular formula is C12H13N3O4. The van der Waals surface area contributed by atoms with Gasteiger partial charge in [-0.3, -0.25) is 10.1 Å². The smallest absolute Gasteiger partial charge is 0.407 e. The fourth-order valence-electron chi connectivity index (χ4n) is 1.55. The lowest BCUT2D eigenvalue weighted by Crippen LogP contribution is -2.27. The minimum absolute atomic E-state index is 0.0553. The maximum absolute atomic E-state index is 11.1. The topological polar surface area (TPSA) is 105 Å². The van der Waals surface area contributed by atoms with Gasteiger partial charge in [-0.25, -0.2) is 4.79 Å². The van der Waals surface area contributed by atoms with Crippen LogP contribution in [0.1, 0.15) is 18.4 Å². The first kappa shape index (κ1) is 14.4. The molecule has 0 saturated heterocycles. The maximum Gasteiger partial charge on any atom is 0.407 e. The Morgan fingerprint density at radius 2 is 2.05 bits per heavy atom. The molecule has 7 heteroatoms. The average Bonchev–Trinajstić information content (AvgIpc) is 2.40. The van der Waals surface area contributed by atoms with E-state index in [1.807, 2.05) is 6.07 Å². The van der Waals surface area contributed by atoms with Gasteiger partial charge in [-0.05, 0) is 12.5 Å². The number of nitro groups is 1. The van der Waals surface area contributed by atoms with Crippen LogP contribution in [-0.4, -0.2) is 24.2 Å². The predicted molar refractivity (Wildman–Crippen MR) is 66.5 cm³/mol. The number of non-ortho nitro benzene ring substituents is 1. The van der Waals surface area contributed by atoms with Crippen LogP contribution in [0.4, 0.5) is 10.5 Å². The van der Waals surface area contributed by atoms with E-state index in [1.165, 1.54) is 31.3 Å². The van der Waals surface area contributed by atoms with Gasteiger partial charge in [0.05, 0.1) is 11.0 Å². The predicted octanol–water partition coefficient (Wildman–Crippen LogP) is 1.95. The Hall–Kier alpha value is -2.62. The molecule has 0 heterocycles. The molecule has 0 spiro atoms. The number of nitrogens with zero attached hydrogens (tertiary/aromatic N) is 2. The van der Waals surface area contributed by atoms with Crippen molar-refractivity contribution < 1.29 is 14.5 Å². The molecule has 1 amide bonds. The molecule has 0 aromatic heterocycles. The van der Waals surface area contributed by atoms with E-state index in [0.29, 0.717) is 5.56 Å². The van der Waals surface area contributed by atoms with Crippen LogP contribution in [0.15, 0.2) is 24.3 Å². The van der Waals surface area contributed by atoms with Crippen LogP contribution in [0.2, 0.25) is 0 Å². The van der Waals surface area contributed by atoms with Crippen LogP contribution in [0.25, 0.3) is 0 Å². The van der Waals surface area contributed by atoms with E-state index in [9.17, 15) is 14.9 Å². The number of nitriles is 1. The quantitative estimate of drug-likeness (QED) is 0.660. The molecule has 0 aliphatic heterocycles. The zero-order valence-electron chi connectivity index (χ0n) is 10.5. The minimum atomic E-state index is -0.682. The monoisotopic (exact) mass is 263 g/mol. The first-order chi connectivity index (χ1) is 8.99. The molecule has 1 rings (SSSR count). The molecule has 1 N–H and O–H groups in total. The second-order valence-electron chi connectivity index (χ2n) is 3.82. The van der Waals surface area contributed by atoms with Gasteiger partial charge in [-0.1, -0.05) is 12.1 Å². The zero-order valence-corrected chi connectivity index (χ0v) is 10.5. The van der Waals surface area contributed by atoms with Crippen molar-refractivity contribution in [3.63, 3.8) is 0 Å². The fraction of sp³-hybridized carbons (Fsp3) is 0.333. The highest BCUT2D eigenvalue weighted by atomic mass is 16.6. The van der Waals surface area contributed by atoms with Crippen molar-refractivity contribution in [2.75, 3.05) is 7.05 Å². The number of nitrogens with one attached hydrogen (secondary N) is 1. The highest BCUT2D eigenvalue weighted by Gasteiger charge is 2.22. The molecule has 1 aromatic carbocycles. The highest BCUT2D eigenvalue weighted by molar-refractivity contribution is 5.67. The summed E-state index contributed by atoms with van der Waals surface area (Å²) in [7, 11) is 1.42. The summed E-state index contributed by atoms with van der Waals surface area (Å²) >= 11 is 0. The summed E-state index contributed by atoms with van der Waals surface area (Å²) in [6, 6.07) is 7.61. The molecule has 0 bridgehead atoms. The summed E-state index contributed by atoms with van der Waals surface area (Å²) in [5, 5.41) is 21.9. The first-order valence-electron chi connectivity index (χ1n) is 5.52. The summed E-state index contributed by atoms with van der Waals surface area (Å²) in [5.74, 6) is -0.682. The number of carbonyl (C=O) groups is 1. The van der Waals surface area contributed by atoms with E-state index in [1.54, 1.807) is 6.92 Å². The summed E-state index contributed by atoms with van der Waals surface area (Å²) in [4.78, 5) is 21.1. The zero-order chi connectivity index (χ0) is 14.4. The average molecular weight is 263 g/mol. The molecular weight excluding hydrogens is 250 g/mol. The second-order valence-corrected chi connectivity index (χ2v) is 3.82. The molecule has 1 aromatic rings. The highest BCUT2D eigenvalue weighted by Crippen LogP contribution is 2.23. The van der Waals surface area contributed by atoms with Crippen LogP contribution in [0.3, 0.4) is 0 Å². The number of hydrogen-bond acceptors (Lipinski definition) is 5. The molecule has 0 aliphatic rings. The molecule has 2 atom stereocenters. The van der Waals surface area contributed by atoms with Gasteiger partial charge in [0.15, 0.2) is 0 Å². The number of hydrogen-bond donors (Lipinski definition) is 1. The Bertz CT molecular complexity index is 507. The molecule has 0 fully saturated rings. The van der Waals surface area contributed by atoms with Crippen LogP contribution in [0, 0.1) is 21.4 Å². The van der Waals surface area contributed by atoms with E-state index in [2.05, 4.69) is 5.32 Å². The molecule has 19 heavy (non-hydrogen) atoms. The Labute approximate surface area is 109 Å². The molecule has 7 nitrogen and oxygen atoms in total. The molecule has 0 aliphatic carbocycles. The van der Waals surface area contributed by atoms with Crippen molar-refractivity contribution in [1.29, 1.82) is 5.26 Å². The fourth-order valence-corrected chi connectivity index (χ4v) is 1.55. The lowest BCUT2D eigenvalue weighted by atomic mass is 9.95. The van der Waals surface area contributed by atoms with Crippen molar-refractivity contribution in [3.05, 3.63) is 39.9 Å². The van der Waals surface area contributed by atoms with Gasteiger partial charge < -0.3 is 10.1 Å². The van der Waals surface area contributed by atoms with Crippen molar-refractivity contribution in [2.24, 2.45) is 0 Å².